The maximum atomic E-state index is 13.8. The number of fused-ring (bicyclic) bond motifs is 1. The third kappa shape index (κ3) is 4.32. The second-order valence-corrected chi connectivity index (χ2v) is 9.38. The standard InChI is InChI=1S/C27H31N3O3/c31-25-22-13-7-8-14-23(22)26(32)30(25)24(19-20-9-3-1-4-10-20)27(33)29-17-15-28(16-18-29)21-11-5-2-6-12-21/h1,3-4,7-10,13-14,21,24H,2,5-6,11-12,15-19H2/t24-/m1/s1. The Kier molecular flexibility index (Phi) is 6.27. The molecule has 2 heterocycles. The molecular weight excluding hydrogens is 414 g/mol. The molecule has 3 aliphatic rings. The van der Waals surface area contributed by atoms with Gasteiger partial charge in [-0.2, -0.15) is 0 Å². The van der Waals surface area contributed by atoms with Crippen LogP contribution >= 0.6 is 0 Å². The van der Waals surface area contributed by atoms with Crippen LogP contribution in [-0.4, -0.2) is 70.7 Å². The van der Waals surface area contributed by atoms with Crippen LogP contribution in [0.2, 0.25) is 0 Å². The summed E-state index contributed by atoms with van der Waals surface area (Å²) >= 11 is 0. The van der Waals surface area contributed by atoms with E-state index in [-0.39, 0.29) is 17.7 Å². The number of amides is 3. The monoisotopic (exact) mass is 445 g/mol. The van der Waals surface area contributed by atoms with Crippen molar-refractivity contribution in [2.24, 2.45) is 0 Å². The fourth-order valence-electron chi connectivity index (χ4n) is 5.58. The summed E-state index contributed by atoms with van der Waals surface area (Å²) in [6.45, 7) is 3.00. The zero-order chi connectivity index (χ0) is 22.8. The van der Waals surface area contributed by atoms with E-state index in [0.29, 0.717) is 36.7 Å². The highest BCUT2D eigenvalue weighted by Crippen LogP contribution is 2.28. The van der Waals surface area contributed by atoms with Gasteiger partial charge in [0.05, 0.1) is 11.1 Å². The first kappa shape index (κ1) is 21.8. The molecule has 0 aromatic heterocycles. The Morgan fingerprint density at radius 1 is 0.788 bits per heavy atom. The van der Waals surface area contributed by atoms with Crippen molar-refractivity contribution in [1.29, 1.82) is 0 Å². The van der Waals surface area contributed by atoms with Gasteiger partial charge in [0.1, 0.15) is 6.04 Å². The predicted octanol–water partition coefficient (Wildman–Crippen LogP) is 3.37. The molecule has 3 amide bonds. The largest absolute Gasteiger partial charge is 0.338 e. The van der Waals surface area contributed by atoms with Crippen LogP contribution < -0.4 is 0 Å². The zero-order valence-corrected chi connectivity index (χ0v) is 19.0. The molecule has 5 rings (SSSR count). The molecule has 0 N–H and O–H groups in total. The number of hydrogen-bond acceptors (Lipinski definition) is 4. The molecule has 33 heavy (non-hydrogen) atoms. The second kappa shape index (κ2) is 9.48. The van der Waals surface area contributed by atoms with Gasteiger partial charge in [0.2, 0.25) is 5.91 Å². The third-order valence-corrected chi connectivity index (χ3v) is 7.41. The van der Waals surface area contributed by atoms with Gasteiger partial charge >= 0.3 is 0 Å². The molecule has 2 aliphatic heterocycles. The number of nitrogens with zero attached hydrogens (tertiary/aromatic N) is 3. The van der Waals surface area contributed by atoms with Crippen LogP contribution in [0, 0.1) is 0 Å². The Bertz CT molecular complexity index is 989. The van der Waals surface area contributed by atoms with Crippen molar-refractivity contribution in [3.8, 4) is 0 Å². The SMILES string of the molecule is O=C([C@@H](Cc1ccccc1)N1C(=O)c2ccccc2C1=O)N1CCN(C2CCCCC2)CC1. The molecule has 2 aromatic carbocycles. The Morgan fingerprint density at radius 2 is 1.36 bits per heavy atom. The summed E-state index contributed by atoms with van der Waals surface area (Å²) in [5, 5.41) is 0. The van der Waals surface area contributed by atoms with Gasteiger partial charge in [-0.1, -0.05) is 61.7 Å². The van der Waals surface area contributed by atoms with Gasteiger partial charge in [0, 0.05) is 38.6 Å². The van der Waals surface area contributed by atoms with Crippen LogP contribution in [0.5, 0.6) is 0 Å². The molecule has 6 heteroatoms. The normalized spacial score (nSPS) is 20.7. The number of carbonyl (C=O) groups excluding carboxylic acids is 3. The van der Waals surface area contributed by atoms with E-state index in [4.69, 9.17) is 0 Å². The van der Waals surface area contributed by atoms with Crippen molar-refractivity contribution in [3.05, 3.63) is 71.3 Å². The molecule has 1 atom stereocenters. The predicted molar refractivity (Wildman–Crippen MR) is 126 cm³/mol. The molecule has 6 nitrogen and oxygen atoms in total. The van der Waals surface area contributed by atoms with Crippen LogP contribution in [0.25, 0.3) is 0 Å². The maximum Gasteiger partial charge on any atom is 0.262 e. The molecular formula is C27H31N3O3. The third-order valence-electron chi connectivity index (χ3n) is 7.41. The minimum absolute atomic E-state index is 0.128. The topological polar surface area (TPSA) is 60.9 Å². The highest BCUT2D eigenvalue weighted by atomic mass is 16.2. The van der Waals surface area contributed by atoms with E-state index in [0.717, 1.165) is 18.7 Å². The minimum atomic E-state index is -0.832. The Balaban J connectivity index is 1.36. The van der Waals surface area contributed by atoms with Gasteiger partial charge in [-0.15, -0.1) is 0 Å². The fraction of sp³-hybridized carbons (Fsp3) is 0.444. The number of piperazine rings is 1. The summed E-state index contributed by atoms with van der Waals surface area (Å²) in [5.41, 5.74) is 1.71. The van der Waals surface area contributed by atoms with Gasteiger partial charge in [0.15, 0.2) is 0 Å². The number of carbonyl (C=O) groups is 3. The lowest BCUT2D eigenvalue weighted by molar-refractivity contribution is -0.137. The van der Waals surface area contributed by atoms with Crippen molar-refractivity contribution >= 4 is 17.7 Å². The lowest BCUT2D eigenvalue weighted by Gasteiger charge is -2.42. The summed E-state index contributed by atoms with van der Waals surface area (Å²) in [5.74, 6) is -0.868. The summed E-state index contributed by atoms with van der Waals surface area (Å²) in [4.78, 5) is 45.8. The molecule has 1 saturated heterocycles. The zero-order valence-electron chi connectivity index (χ0n) is 19.0. The van der Waals surface area contributed by atoms with E-state index in [2.05, 4.69) is 4.90 Å². The molecule has 2 aromatic rings. The number of rotatable bonds is 5. The van der Waals surface area contributed by atoms with E-state index in [9.17, 15) is 14.4 Å². The van der Waals surface area contributed by atoms with Gasteiger partial charge in [-0.25, -0.2) is 0 Å². The van der Waals surface area contributed by atoms with E-state index in [1.165, 1.54) is 37.0 Å². The first-order valence-electron chi connectivity index (χ1n) is 12.2. The summed E-state index contributed by atoms with van der Waals surface area (Å²) in [7, 11) is 0. The maximum absolute atomic E-state index is 13.8. The fourth-order valence-corrected chi connectivity index (χ4v) is 5.58. The van der Waals surface area contributed by atoms with E-state index in [1.54, 1.807) is 24.3 Å². The molecule has 0 radical (unpaired) electrons. The second-order valence-electron chi connectivity index (χ2n) is 9.38. The first-order chi connectivity index (χ1) is 16.1. The summed E-state index contributed by atoms with van der Waals surface area (Å²) < 4.78 is 0. The smallest absolute Gasteiger partial charge is 0.262 e. The van der Waals surface area contributed by atoms with E-state index in [1.807, 2.05) is 35.2 Å². The van der Waals surface area contributed by atoms with Gasteiger partial charge in [0.25, 0.3) is 11.8 Å². The molecule has 0 unspecified atom stereocenters. The van der Waals surface area contributed by atoms with Crippen molar-refractivity contribution in [2.45, 2.75) is 50.6 Å². The van der Waals surface area contributed by atoms with Crippen LogP contribution in [0.15, 0.2) is 54.6 Å². The average molecular weight is 446 g/mol. The molecule has 2 fully saturated rings. The number of hydrogen-bond donors (Lipinski definition) is 0. The molecule has 0 bridgehead atoms. The lowest BCUT2D eigenvalue weighted by Crippen LogP contribution is -2.58. The Morgan fingerprint density at radius 3 is 1.97 bits per heavy atom. The first-order valence-corrected chi connectivity index (χ1v) is 12.2. The quantitative estimate of drug-likeness (QED) is 0.662. The van der Waals surface area contributed by atoms with Crippen LogP contribution in [-0.2, 0) is 11.2 Å². The van der Waals surface area contributed by atoms with Gasteiger partial charge in [-0.3, -0.25) is 24.2 Å². The van der Waals surface area contributed by atoms with Gasteiger partial charge < -0.3 is 4.90 Å². The highest BCUT2D eigenvalue weighted by Gasteiger charge is 2.44. The minimum Gasteiger partial charge on any atom is -0.338 e. The van der Waals surface area contributed by atoms with Crippen molar-refractivity contribution < 1.29 is 14.4 Å². The number of imide groups is 1. The summed E-state index contributed by atoms with van der Waals surface area (Å²) in [6, 6.07) is 16.3. The molecule has 0 spiro atoms. The van der Waals surface area contributed by atoms with Crippen molar-refractivity contribution in [3.63, 3.8) is 0 Å². The molecule has 1 aliphatic carbocycles. The average Bonchev–Trinajstić information content (AvgIpc) is 3.13. The summed E-state index contributed by atoms with van der Waals surface area (Å²) in [6.07, 6.45) is 6.75. The van der Waals surface area contributed by atoms with Crippen LogP contribution in [0.3, 0.4) is 0 Å². The Hall–Kier alpha value is -2.99. The van der Waals surface area contributed by atoms with Crippen molar-refractivity contribution in [1.82, 2.24) is 14.7 Å². The molecule has 1 saturated carbocycles. The highest BCUT2D eigenvalue weighted by molar-refractivity contribution is 6.22. The molecule has 172 valence electrons. The van der Waals surface area contributed by atoms with E-state index >= 15 is 0 Å². The number of benzene rings is 2. The lowest BCUT2D eigenvalue weighted by atomic mass is 9.93. The van der Waals surface area contributed by atoms with Gasteiger partial charge in [-0.05, 0) is 30.5 Å². The van der Waals surface area contributed by atoms with Crippen molar-refractivity contribution in [2.75, 3.05) is 26.2 Å². The van der Waals surface area contributed by atoms with E-state index < -0.39 is 6.04 Å². The van der Waals surface area contributed by atoms with Crippen LogP contribution in [0.1, 0.15) is 58.4 Å². The Labute approximate surface area is 195 Å². The van der Waals surface area contributed by atoms with Crippen LogP contribution in [0.4, 0.5) is 0 Å².